The molecule has 1 atom stereocenters. The van der Waals surface area contributed by atoms with Crippen LogP contribution in [-0.2, 0) is 16.1 Å². The quantitative estimate of drug-likeness (QED) is 0.819. The fourth-order valence-electron chi connectivity index (χ4n) is 3.42. The molecule has 2 saturated heterocycles. The van der Waals surface area contributed by atoms with E-state index >= 15 is 0 Å². The van der Waals surface area contributed by atoms with Crippen LogP contribution in [-0.4, -0.2) is 53.9 Å². The lowest BCUT2D eigenvalue weighted by Crippen LogP contribution is -2.46. The minimum Gasteiger partial charge on any atom is -0.352 e. The van der Waals surface area contributed by atoms with E-state index in [4.69, 9.17) is 0 Å². The lowest BCUT2D eigenvalue weighted by Gasteiger charge is -2.33. The van der Waals surface area contributed by atoms with Crippen molar-refractivity contribution in [1.29, 1.82) is 0 Å². The van der Waals surface area contributed by atoms with Gasteiger partial charge in [-0.25, -0.2) is 4.39 Å². The first-order chi connectivity index (χ1) is 12.6. The Hall–Kier alpha value is -1.60. The molecule has 5 nitrogen and oxygen atoms in total. The highest BCUT2D eigenvalue weighted by Gasteiger charge is 2.28. The summed E-state index contributed by atoms with van der Waals surface area (Å²) in [5, 5.41) is 6.32. The number of benzene rings is 1. The lowest BCUT2D eigenvalue weighted by atomic mass is 9.95. The van der Waals surface area contributed by atoms with E-state index in [1.807, 2.05) is 16.7 Å². The van der Waals surface area contributed by atoms with E-state index in [-0.39, 0.29) is 29.6 Å². The maximum atomic E-state index is 12.9. The number of carbonyl (C=O) groups excluding carboxylic acids is 2. The van der Waals surface area contributed by atoms with Crippen LogP contribution in [0.4, 0.5) is 4.39 Å². The monoisotopic (exact) mass is 379 g/mol. The van der Waals surface area contributed by atoms with Crippen LogP contribution < -0.4 is 10.6 Å². The van der Waals surface area contributed by atoms with E-state index in [1.165, 1.54) is 12.1 Å². The van der Waals surface area contributed by atoms with Gasteiger partial charge in [0.2, 0.25) is 11.8 Å². The fourth-order valence-corrected chi connectivity index (χ4v) is 4.37. The zero-order valence-corrected chi connectivity index (χ0v) is 15.7. The van der Waals surface area contributed by atoms with Crippen molar-refractivity contribution in [3.63, 3.8) is 0 Å². The maximum Gasteiger partial charge on any atom is 0.224 e. The molecular formula is C19H26FN3O2S. The van der Waals surface area contributed by atoms with Crippen LogP contribution in [0.1, 0.15) is 24.8 Å². The number of piperidine rings is 1. The highest BCUT2D eigenvalue weighted by molar-refractivity contribution is 7.99. The molecule has 2 N–H and O–H groups in total. The van der Waals surface area contributed by atoms with Crippen molar-refractivity contribution in [2.24, 2.45) is 5.92 Å². The van der Waals surface area contributed by atoms with E-state index < -0.39 is 0 Å². The second-order valence-corrected chi connectivity index (χ2v) is 8.08. The Morgan fingerprint density at radius 2 is 1.96 bits per heavy atom. The molecule has 2 fully saturated rings. The highest BCUT2D eigenvalue weighted by atomic mass is 32.2. The average Bonchev–Trinajstić information content (AvgIpc) is 2.68. The Labute approximate surface area is 158 Å². The Bertz CT molecular complexity index is 612. The molecule has 0 spiro atoms. The van der Waals surface area contributed by atoms with Gasteiger partial charge < -0.3 is 15.5 Å². The molecule has 2 heterocycles. The number of carbonyl (C=O) groups is 2. The molecule has 0 saturated carbocycles. The summed E-state index contributed by atoms with van der Waals surface area (Å²) in [6, 6.07) is 6.41. The third-order valence-corrected chi connectivity index (χ3v) is 6.15. The fraction of sp³-hybridized carbons (Fsp3) is 0.579. The molecule has 142 valence electrons. The van der Waals surface area contributed by atoms with E-state index in [0.717, 1.165) is 23.6 Å². The molecule has 2 aliphatic heterocycles. The van der Waals surface area contributed by atoms with Crippen molar-refractivity contribution in [2.45, 2.75) is 31.8 Å². The van der Waals surface area contributed by atoms with Crippen molar-refractivity contribution in [3.8, 4) is 0 Å². The standard InChI is InChI=1S/C19H26FN3O2S/c20-16-3-1-14(2-4-16)12-22-19(25)15-5-8-23(9-6-15)18(24)11-17-13-26-10-7-21-17/h1-4,15,17,21H,5-13H2,(H,22,25). The normalized spacial score (nSPS) is 21.4. The number of likely N-dealkylation sites (tertiary alicyclic amines) is 1. The lowest BCUT2D eigenvalue weighted by molar-refractivity contribution is -0.136. The van der Waals surface area contributed by atoms with Gasteiger partial charge in [-0.05, 0) is 30.5 Å². The van der Waals surface area contributed by atoms with Crippen LogP contribution in [0.2, 0.25) is 0 Å². The van der Waals surface area contributed by atoms with Crippen LogP contribution in [0.5, 0.6) is 0 Å². The van der Waals surface area contributed by atoms with Gasteiger partial charge in [0.25, 0.3) is 0 Å². The summed E-state index contributed by atoms with van der Waals surface area (Å²) in [5.41, 5.74) is 0.880. The van der Waals surface area contributed by atoms with Crippen LogP contribution in [0.3, 0.4) is 0 Å². The number of halogens is 1. The Balaban J connectivity index is 1.39. The molecular weight excluding hydrogens is 353 g/mol. The summed E-state index contributed by atoms with van der Waals surface area (Å²) in [7, 11) is 0. The Kier molecular flexibility index (Phi) is 6.91. The van der Waals surface area contributed by atoms with Gasteiger partial charge in [0.1, 0.15) is 5.82 Å². The van der Waals surface area contributed by atoms with Crippen LogP contribution in [0, 0.1) is 11.7 Å². The zero-order chi connectivity index (χ0) is 18.4. The van der Waals surface area contributed by atoms with Gasteiger partial charge in [-0.15, -0.1) is 0 Å². The number of amides is 2. The number of rotatable bonds is 5. The highest BCUT2D eigenvalue weighted by Crippen LogP contribution is 2.19. The number of hydrogen-bond donors (Lipinski definition) is 2. The van der Waals surface area contributed by atoms with E-state index in [1.54, 1.807) is 12.1 Å². The predicted octanol–water partition coefficient (Wildman–Crippen LogP) is 1.78. The van der Waals surface area contributed by atoms with Crippen LogP contribution in [0.25, 0.3) is 0 Å². The number of hydrogen-bond acceptors (Lipinski definition) is 4. The van der Waals surface area contributed by atoms with E-state index in [0.29, 0.717) is 38.9 Å². The molecule has 0 aliphatic carbocycles. The van der Waals surface area contributed by atoms with Gasteiger partial charge in [-0.1, -0.05) is 12.1 Å². The molecule has 0 radical (unpaired) electrons. The molecule has 7 heteroatoms. The van der Waals surface area contributed by atoms with Crippen molar-refractivity contribution in [2.75, 3.05) is 31.1 Å². The van der Waals surface area contributed by atoms with Crippen LogP contribution in [0.15, 0.2) is 24.3 Å². The first-order valence-corrected chi connectivity index (χ1v) is 10.4. The number of nitrogens with zero attached hydrogens (tertiary/aromatic N) is 1. The average molecular weight is 380 g/mol. The molecule has 1 aromatic rings. The number of thioether (sulfide) groups is 1. The van der Waals surface area contributed by atoms with Gasteiger partial charge in [-0.2, -0.15) is 11.8 Å². The summed E-state index contributed by atoms with van der Waals surface area (Å²) in [4.78, 5) is 26.7. The smallest absolute Gasteiger partial charge is 0.224 e. The maximum absolute atomic E-state index is 12.9. The summed E-state index contributed by atoms with van der Waals surface area (Å²) >= 11 is 1.89. The second-order valence-electron chi connectivity index (χ2n) is 6.93. The van der Waals surface area contributed by atoms with Gasteiger partial charge in [0.15, 0.2) is 0 Å². The molecule has 26 heavy (non-hydrogen) atoms. The minimum absolute atomic E-state index is 0.0202. The van der Waals surface area contributed by atoms with E-state index in [2.05, 4.69) is 10.6 Å². The molecule has 3 rings (SSSR count). The van der Waals surface area contributed by atoms with Crippen molar-refractivity contribution >= 4 is 23.6 Å². The zero-order valence-electron chi connectivity index (χ0n) is 14.9. The molecule has 0 aromatic heterocycles. The molecule has 1 unspecified atom stereocenters. The first kappa shape index (κ1) is 19.2. The summed E-state index contributed by atoms with van der Waals surface area (Å²) in [6.45, 7) is 2.67. The second kappa shape index (κ2) is 9.37. The van der Waals surface area contributed by atoms with Crippen molar-refractivity contribution in [3.05, 3.63) is 35.6 Å². The summed E-state index contributed by atoms with van der Waals surface area (Å²) in [6.07, 6.45) is 1.95. The summed E-state index contributed by atoms with van der Waals surface area (Å²) < 4.78 is 12.9. The first-order valence-electron chi connectivity index (χ1n) is 9.23. The molecule has 2 amide bonds. The third-order valence-electron chi connectivity index (χ3n) is 5.02. The topological polar surface area (TPSA) is 61.4 Å². The van der Waals surface area contributed by atoms with Crippen molar-refractivity contribution in [1.82, 2.24) is 15.5 Å². The van der Waals surface area contributed by atoms with Gasteiger partial charge in [0.05, 0.1) is 0 Å². The molecule has 0 bridgehead atoms. The van der Waals surface area contributed by atoms with E-state index in [9.17, 15) is 14.0 Å². The largest absolute Gasteiger partial charge is 0.352 e. The Morgan fingerprint density at radius 3 is 2.62 bits per heavy atom. The van der Waals surface area contributed by atoms with Gasteiger partial charge >= 0.3 is 0 Å². The van der Waals surface area contributed by atoms with Crippen LogP contribution >= 0.6 is 11.8 Å². The van der Waals surface area contributed by atoms with Gasteiger partial charge in [-0.3, -0.25) is 9.59 Å². The SMILES string of the molecule is O=C(NCc1ccc(F)cc1)C1CCN(C(=O)CC2CSCCN2)CC1. The Morgan fingerprint density at radius 1 is 1.23 bits per heavy atom. The van der Waals surface area contributed by atoms with Crippen molar-refractivity contribution < 1.29 is 14.0 Å². The van der Waals surface area contributed by atoms with Gasteiger partial charge in [0, 0.05) is 56.1 Å². The third kappa shape index (κ3) is 5.45. The molecule has 1 aromatic carbocycles. The molecule has 2 aliphatic rings. The summed E-state index contributed by atoms with van der Waals surface area (Å²) in [5.74, 6) is 1.99. The predicted molar refractivity (Wildman–Crippen MR) is 101 cm³/mol. The minimum atomic E-state index is -0.279. The number of nitrogens with one attached hydrogen (secondary N) is 2.